The molecule has 1 heterocycles. The minimum absolute atomic E-state index is 0.0418. The van der Waals surface area contributed by atoms with Crippen LogP contribution >= 0.6 is 0 Å². The molecule has 0 atom stereocenters. The van der Waals surface area contributed by atoms with Gasteiger partial charge in [0.25, 0.3) is 0 Å². The Hall–Kier alpha value is -1.75. The standard InChI is InChI=1S/C20H32N4O/c1-20(24(2)3)11-9-16(10-12-20)23-19(25)22-14-15-6-4-8-18-17(15)7-5-13-21-18/h4,6,8,16,21H,5,7,9-14H2,1-3H3,(H2,22,23,25). The van der Waals surface area contributed by atoms with Gasteiger partial charge in [-0.2, -0.15) is 0 Å². The zero-order valence-corrected chi connectivity index (χ0v) is 15.8. The van der Waals surface area contributed by atoms with Crippen LogP contribution in [0.1, 0.15) is 50.2 Å². The monoisotopic (exact) mass is 344 g/mol. The van der Waals surface area contributed by atoms with Gasteiger partial charge in [-0.1, -0.05) is 12.1 Å². The van der Waals surface area contributed by atoms with Crippen molar-refractivity contribution in [2.24, 2.45) is 0 Å². The molecule has 1 aliphatic carbocycles. The first kappa shape index (κ1) is 18.1. The van der Waals surface area contributed by atoms with Gasteiger partial charge >= 0.3 is 6.03 Å². The Kier molecular flexibility index (Phi) is 5.52. The number of hydrogen-bond acceptors (Lipinski definition) is 3. The third kappa shape index (κ3) is 4.27. The van der Waals surface area contributed by atoms with Crippen LogP contribution in [0.3, 0.4) is 0 Å². The van der Waals surface area contributed by atoms with Gasteiger partial charge < -0.3 is 20.9 Å². The maximum atomic E-state index is 12.3. The lowest BCUT2D eigenvalue weighted by Gasteiger charge is -2.42. The minimum atomic E-state index is -0.0418. The number of carbonyl (C=O) groups excluding carboxylic acids is 1. The van der Waals surface area contributed by atoms with Crippen molar-refractivity contribution >= 4 is 11.7 Å². The lowest BCUT2D eigenvalue weighted by atomic mass is 9.80. The lowest BCUT2D eigenvalue weighted by molar-refractivity contribution is 0.107. The molecule has 0 aromatic heterocycles. The van der Waals surface area contributed by atoms with Crippen LogP contribution in [0.25, 0.3) is 0 Å². The summed E-state index contributed by atoms with van der Waals surface area (Å²) in [6, 6.07) is 6.56. The molecule has 25 heavy (non-hydrogen) atoms. The van der Waals surface area contributed by atoms with Crippen LogP contribution in [0, 0.1) is 0 Å². The number of hydrogen-bond donors (Lipinski definition) is 3. The fourth-order valence-electron chi connectivity index (χ4n) is 3.99. The number of urea groups is 1. The number of benzene rings is 1. The fraction of sp³-hybridized carbons (Fsp3) is 0.650. The first-order valence-electron chi connectivity index (χ1n) is 9.54. The molecule has 2 amide bonds. The largest absolute Gasteiger partial charge is 0.385 e. The highest BCUT2D eigenvalue weighted by Crippen LogP contribution is 2.31. The molecule has 1 aromatic rings. The number of carbonyl (C=O) groups is 1. The summed E-state index contributed by atoms with van der Waals surface area (Å²) < 4.78 is 0. The van der Waals surface area contributed by atoms with E-state index in [1.165, 1.54) is 16.8 Å². The fourth-order valence-corrected chi connectivity index (χ4v) is 3.99. The molecule has 0 bridgehead atoms. The van der Waals surface area contributed by atoms with Crippen molar-refractivity contribution in [3.05, 3.63) is 29.3 Å². The van der Waals surface area contributed by atoms with E-state index in [4.69, 9.17) is 0 Å². The van der Waals surface area contributed by atoms with Gasteiger partial charge in [0.15, 0.2) is 0 Å². The van der Waals surface area contributed by atoms with Crippen molar-refractivity contribution in [2.45, 2.75) is 63.6 Å². The van der Waals surface area contributed by atoms with Gasteiger partial charge in [-0.25, -0.2) is 4.79 Å². The molecule has 138 valence electrons. The molecule has 0 spiro atoms. The van der Waals surface area contributed by atoms with E-state index in [9.17, 15) is 4.79 Å². The molecular weight excluding hydrogens is 312 g/mol. The smallest absolute Gasteiger partial charge is 0.315 e. The van der Waals surface area contributed by atoms with E-state index < -0.39 is 0 Å². The maximum Gasteiger partial charge on any atom is 0.315 e. The summed E-state index contributed by atoms with van der Waals surface area (Å²) in [4.78, 5) is 14.6. The van der Waals surface area contributed by atoms with E-state index in [-0.39, 0.29) is 11.6 Å². The molecule has 0 radical (unpaired) electrons. The van der Waals surface area contributed by atoms with E-state index >= 15 is 0 Å². The van der Waals surface area contributed by atoms with Crippen LogP contribution in [-0.4, -0.2) is 43.2 Å². The van der Waals surface area contributed by atoms with Crippen molar-refractivity contribution in [2.75, 3.05) is 26.0 Å². The van der Waals surface area contributed by atoms with Crippen LogP contribution in [0.15, 0.2) is 18.2 Å². The maximum absolute atomic E-state index is 12.3. The second-order valence-corrected chi connectivity index (χ2v) is 7.97. The van der Waals surface area contributed by atoms with Crippen molar-refractivity contribution in [1.82, 2.24) is 15.5 Å². The number of anilines is 1. The molecular formula is C20H32N4O. The number of fused-ring (bicyclic) bond motifs is 1. The minimum Gasteiger partial charge on any atom is -0.385 e. The van der Waals surface area contributed by atoms with Crippen LogP contribution in [0.5, 0.6) is 0 Å². The molecule has 1 aliphatic heterocycles. The number of nitrogens with zero attached hydrogens (tertiary/aromatic N) is 1. The molecule has 1 fully saturated rings. The summed E-state index contributed by atoms with van der Waals surface area (Å²) in [5.74, 6) is 0. The zero-order valence-electron chi connectivity index (χ0n) is 15.8. The molecule has 3 rings (SSSR count). The Bertz CT molecular complexity index is 606. The third-order valence-corrected chi connectivity index (χ3v) is 6.11. The van der Waals surface area contributed by atoms with Crippen molar-refractivity contribution in [1.29, 1.82) is 0 Å². The quantitative estimate of drug-likeness (QED) is 0.787. The highest BCUT2D eigenvalue weighted by molar-refractivity contribution is 5.74. The van der Waals surface area contributed by atoms with E-state index in [0.29, 0.717) is 12.6 Å². The Morgan fingerprint density at radius 3 is 2.80 bits per heavy atom. The molecule has 1 saturated carbocycles. The van der Waals surface area contributed by atoms with Gasteiger partial charge in [-0.3, -0.25) is 0 Å². The summed E-state index contributed by atoms with van der Waals surface area (Å²) in [6.07, 6.45) is 6.60. The molecule has 3 N–H and O–H groups in total. The summed E-state index contributed by atoms with van der Waals surface area (Å²) >= 11 is 0. The predicted molar refractivity (Wildman–Crippen MR) is 103 cm³/mol. The van der Waals surface area contributed by atoms with Crippen molar-refractivity contribution in [3.8, 4) is 0 Å². The van der Waals surface area contributed by atoms with Gasteiger partial charge in [-0.15, -0.1) is 0 Å². The Morgan fingerprint density at radius 1 is 1.32 bits per heavy atom. The SMILES string of the molecule is CN(C)C1(C)CCC(NC(=O)NCc2cccc3c2CCCN3)CC1. The Labute approximate surface area is 151 Å². The summed E-state index contributed by atoms with van der Waals surface area (Å²) in [5.41, 5.74) is 4.07. The van der Waals surface area contributed by atoms with Gasteiger partial charge in [0, 0.05) is 30.4 Å². The first-order valence-corrected chi connectivity index (χ1v) is 9.54. The van der Waals surface area contributed by atoms with Crippen molar-refractivity contribution < 1.29 is 4.79 Å². The molecule has 5 heteroatoms. The summed E-state index contributed by atoms with van der Waals surface area (Å²) in [5, 5.41) is 9.65. The van der Waals surface area contributed by atoms with Crippen molar-refractivity contribution in [3.63, 3.8) is 0 Å². The average molecular weight is 345 g/mol. The molecule has 5 nitrogen and oxygen atoms in total. The normalized spacial score (nSPS) is 25.8. The molecule has 1 aromatic carbocycles. The zero-order chi connectivity index (χ0) is 17.9. The average Bonchev–Trinajstić information content (AvgIpc) is 2.62. The summed E-state index contributed by atoms with van der Waals surface area (Å²) in [6.45, 7) is 3.95. The van der Waals surface area contributed by atoms with Crippen LogP contribution in [0.4, 0.5) is 10.5 Å². The summed E-state index contributed by atoms with van der Waals surface area (Å²) in [7, 11) is 4.30. The number of amides is 2. The van der Waals surface area contributed by atoms with Crippen LogP contribution in [-0.2, 0) is 13.0 Å². The van der Waals surface area contributed by atoms with Gasteiger partial charge in [-0.05, 0) is 76.7 Å². The van der Waals surface area contributed by atoms with E-state index in [0.717, 1.165) is 45.1 Å². The molecule has 0 saturated heterocycles. The van der Waals surface area contributed by atoms with Gasteiger partial charge in [0.1, 0.15) is 0 Å². The second-order valence-electron chi connectivity index (χ2n) is 7.97. The Morgan fingerprint density at radius 2 is 2.08 bits per heavy atom. The molecule has 2 aliphatic rings. The van der Waals surface area contributed by atoms with E-state index in [1.54, 1.807) is 0 Å². The topological polar surface area (TPSA) is 56.4 Å². The highest BCUT2D eigenvalue weighted by atomic mass is 16.2. The van der Waals surface area contributed by atoms with Gasteiger partial charge in [0.2, 0.25) is 0 Å². The number of nitrogens with one attached hydrogen (secondary N) is 3. The lowest BCUT2D eigenvalue weighted by Crippen LogP contribution is -2.50. The van der Waals surface area contributed by atoms with E-state index in [1.807, 2.05) is 0 Å². The van der Waals surface area contributed by atoms with E-state index in [2.05, 4.69) is 60.1 Å². The highest BCUT2D eigenvalue weighted by Gasteiger charge is 2.33. The number of rotatable bonds is 4. The van der Waals surface area contributed by atoms with Crippen LogP contribution < -0.4 is 16.0 Å². The second kappa shape index (κ2) is 7.65. The molecule has 0 unspecified atom stereocenters. The van der Waals surface area contributed by atoms with Gasteiger partial charge in [0.05, 0.1) is 0 Å². The predicted octanol–water partition coefficient (Wildman–Crippen LogP) is 3.11. The first-order chi connectivity index (χ1) is 12.0. The van der Waals surface area contributed by atoms with Crippen LogP contribution in [0.2, 0.25) is 0 Å². The third-order valence-electron chi connectivity index (χ3n) is 6.11. The Balaban J connectivity index is 1.48.